The Hall–Kier alpha value is -4.03. The van der Waals surface area contributed by atoms with Gasteiger partial charge < -0.3 is 14.8 Å². The zero-order valence-electron chi connectivity index (χ0n) is 19.7. The lowest BCUT2D eigenvalue weighted by molar-refractivity contribution is -0.120. The van der Waals surface area contributed by atoms with Gasteiger partial charge >= 0.3 is 0 Å². The number of hydrazine groups is 1. The summed E-state index contributed by atoms with van der Waals surface area (Å²) in [6.45, 7) is 4.52. The number of aromatic hydroxyl groups is 2. The van der Waals surface area contributed by atoms with Gasteiger partial charge in [0.2, 0.25) is 0 Å². The van der Waals surface area contributed by atoms with E-state index in [0.717, 1.165) is 64.8 Å². The molecule has 178 valence electrons. The van der Waals surface area contributed by atoms with Crippen molar-refractivity contribution in [2.24, 2.45) is 0 Å². The minimum absolute atomic E-state index is 0.105. The fourth-order valence-electron chi connectivity index (χ4n) is 4.78. The van der Waals surface area contributed by atoms with Crippen molar-refractivity contribution in [1.82, 2.24) is 15.0 Å². The highest BCUT2D eigenvalue weighted by Crippen LogP contribution is 2.36. The van der Waals surface area contributed by atoms with E-state index in [0.29, 0.717) is 6.54 Å². The van der Waals surface area contributed by atoms with Gasteiger partial charge in [-0.15, -0.1) is 0 Å². The summed E-state index contributed by atoms with van der Waals surface area (Å²) >= 11 is 0. The van der Waals surface area contributed by atoms with Crippen molar-refractivity contribution in [3.63, 3.8) is 0 Å². The van der Waals surface area contributed by atoms with E-state index < -0.39 is 0 Å². The van der Waals surface area contributed by atoms with Gasteiger partial charge in [0.25, 0.3) is 5.91 Å². The number of benzene rings is 3. The molecule has 3 N–H and O–H groups in total. The Morgan fingerprint density at radius 2 is 1.63 bits per heavy atom. The van der Waals surface area contributed by atoms with Crippen LogP contribution < -0.4 is 5.43 Å². The van der Waals surface area contributed by atoms with Gasteiger partial charge in [-0.25, -0.2) is 5.01 Å². The van der Waals surface area contributed by atoms with Crippen molar-refractivity contribution in [1.29, 1.82) is 0 Å². The second-order valence-electron chi connectivity index (χ2n) is 9.05. The molecular weight excluding hydrogens is 438 g/mol. The number of hydrogen-bond donors (Lipinski definition) is 3. The standard InChI is InChI=1S/C29H29N3O3/c1-20-26-18-25(34)13-14-27(26)32(29(20)23-9-11-24(33)12-10-23)19-22-6-4-21(5-7-22)8-15-28(35)30-31-16-2-3-17-31/h4-15,18,33-34H,2-3,16-17,19H2,1H3,(H,30,35). The molecule has 0 saturated carbocycles. The molecule has 1 aliphatic heterocycles. The van der Waals surface area contributed by atoms with E-state index in [4.69, 9.17) is 0 Å². The maximum atomic E-state index is 12.1. The Balaban J connectivity index is 1.41. The van der Waals surface area contributed by atoms with Crippen LogP contribution in [-0.2, 0) is 11.3 Å². The molecule has 1 aliphatic rings. The third kappa shape index (κ3) is 4.93. The number of phenolic OH excluding ortho intramolecular Hbond substituents is 2. The number of rotatable bonds is 6. The molecule has 1 amide bonds. The average molecular weight is 468 g/mol. The molecule has 5 rings (SSSR count). The van der Waals surface area contributed by atoms with Crippen LogP contribution in [0.1, 0.15) is 29.5 Å². The first kappa shape index (κ1) is 22.7. The molecule has 0 radical (unpaired) electrons. The van der Waals surface area contributed by atoms with Crippen LogP contribution in [0.3, 0.4) is 0 Å². The molecule has 0 unspecified atom stereocenters. The predicted octanol–water partition coefficient (Wildman–Crippen LogP) is 5.22. The zero-order valence-corrected chi connectivity index (χ0v) is 19.7. The van der Waals surface area contributed by atoms with E-state index >= 15 is 0 Å². The molecule has 1 saturated heterocycles. The van der Waals surface area contributed by atoms with Crippen LogP contribution in [0, 0.1) is 6.92 Å². The normalized spacial score (nSPS) is 14.2. The smallest absolute Gasteiger partial charge is 0.258 e. The van der Waals surface area contributed by atoms with Gasteiger partial charge in [-0.1, -0.05) is 24.3 Å². The van der Waals surface area contributed by atoms with Gasteiger partial charge in [0.05, 0.1) is 5.69 Å². The summed E-state index contributed by atoms with van der Waals surface area (Å²) in [7, 11) is 0. The van der Waals surface area contributed by atoms with Gasteiger partial charge in [-0.3, -0.25) is 10.2 Å². The third-order valence-electron chi connectivity index (χ3n) is 6.56. The maximum absolute atomic E-state index is 12.1. The molecule has 1 aromatic heterocycles. The summed E-state index contributed by atoms with van der Waals surface area (Å²) in [6, 6.07) is 20.8. The van der Waals surface area contributed by atoms with E-state index in [9.17, 15) is 15.0 Å². The summed E-state index contributed by atoms with van der Waals surface area (Å²) in [4.78, 5) is 12.1. The Kier molecular flexibility index (Phi) is 6.29. The van der Waals surface area contributed by atoms with Gasteiger partial charge in [-0.2, -0.15) is 0 Å². The number of carbonyl (C=O) groups excluding carboxylic acids is 1. The Morgan fingerprint density at radius 1 is 0.943 bits per heavy atom. The Bertz CT molecular complexity index is 1380. The Labute approximate surface area is 204 Å². The topological polar surface area (TPSA) is 77.7 Å². The van der Waals surface area contributed by atoms with Crippen LogP contribution in [-0.4, -0.2) is 38.8 Å². The molecule has 6 heteroatoms. The van der Waals surface area contributed by atoms with Crippen molar-refractivity contribution in [2.75, 3.05) is 13.1 Å². The number of amides is 1. The number of carbonyl (C=O) groups is 1. The van der Waals surface area contributed by atoms with E-state index in [2.05, 4.69) is 29.0 Å². The quantitative estimate of drug-likeness (QED) is 0.340. The summed E-state index contributed by atoms with van der Waals surface area (Å²) < 4.78 is 2.24. The highest BCUT2D eigenvalue weighted by molar-refractivity contribution is 5.93. The average Bonchev–Trinajstić information content (AvgIpc) is 3.45. The highest BCUT2D eigenvalue weighted by Gasteiger charge is 2.17. The Morgan fingerprint density at radius 3 is 2.34 bits per heavy atom. The molecular formula is C29H29N3O3. The number of aromatic nitrogens is 1. The van der Waals surface area contributed by atoms with E-state index in [1.807, 2.05) is 41.4 Å². The predicted molar refractivity (Wildman–Crippen MR) is 139 cm³/mol. The molecule has 1 fully saturated rings. The number of nitrogens with one attached hydrogen (secondary N) is 1. The molecule has 0 aliphatic carbocycles. The summed E-state index contributed by atoms with van der Waals surface area (Å²) in [5.41, 5.74) is 9.15. The number of nitrogens with zero attached hydrogens (tertiary/aromatic N) is 2. The van der Waals surface area contributed by atoms with Crippen LogP contribution in [0.2, 0.25) is 0 Å². The lowest BCUT2D eigenvalue weighted by Crippen LogP contribution is -2.38. The van der Waals surface area contributed by atoms with E-state index in [1.54, 1.807) is 30.3 Å². The molecule has 2 heterocycles. The minimum atomic E-state index is -0.105. The molecule has 0 atom stereocenters. The first-order valence-corrected chi connectivity index (χ1v) is 11.9. The van der Waals surface area contributed by atoms with Crippen LogP contribution in [0.15, 0.2) is 72.8 Å². The third-order valence-corrected chi connectivity index (χ3v) is 6.56. The van der Waals surface area contributed by atoms with E-state index in [-0.39, 0.29) is 17.4 Å². The number of aryl methyl sites for hydroxylation is 1. The molecule has 3 aromatic carbocycles. The second kappa shape index (κ2) is 9.68. The fraction of sp³-hybridized carbons (Fsp3) is 0.207. The molecule has 4 aromatic rings. The summed E-state index contributed by atoms with van der Waals surface area (Å²) in [5.74, 6) is 0.358. The van der Waals surface area contributed by atoms with Crippen molar-refractivity contribution < 1.29 is 15.0 Å². The minimum Gasteiger partial charge on any atom is -0.508 e. The van der Waals surface area contributed by atoms with Crippen LogP contribution in [0.5, 0.6) is 11.5 Å². The largest absolute Gasteiger partial charge is 0.508 e. The number of phenols is 2. The lowest BCUT2D eigenvalue weighted by Gasteiger charge is -2.14. The van der Waals surface area contributed by atoms with Crippen LogP contribution in [0.25, 0.3) is 28.2 Å². The molecule has 0 bridgehead atoms. The first-order valence-electron chi connectivity index (χ1n) is 11.9. The van der Waals surface area contributed by atoms with Gasteiger partial charge in [0.1, 0.15) is 11.5 Å². The maximum Gasteiger partial charge on any atom is 0.258 e. The number of fused-ring (bicyclic) bond motifs is 1. The first-order chi connectivity index (χ1) is 17.0. The van der Waals surface area contributed by atoms with Crippen molar-refractivity contribution in [3.05, 3.63) is 89.5 Å². The van der Waals surface area contributed by atoms with Gasteiger partial charge in [0.15, 0.2) is 0 Å². The van der Waals surface area contributed by atoms with Gasteiger partial charge in [-0.05, 0) is 90.6 Å². The lowest BCUT2D eigenvalue weighted by atomic mass is 10.1. The molecule has 35 heavy (non-hydrogen) atoms. The monoisotopic (exact) mass is 467 g/mol. The summed E-state index contributed by atoms with van der Waals surface area (Å²) in [5, 5.41) is 22.8. The molecule has 6 nitrogen and oxygen atoms in total. The summed E-state index contributed by atoms with van der Waals surface area (Å²) in [6.07, 6.45) is 5.65. The van der Waals surface area contributed by atoms with Crippen molar-refractivity contribution in [3.8, 4) is 22.8 Å². The molecule has 0 spiro atoms. The second-order valence-corrected chi connectivity index (χ2v) is 9.05. The van der Waals surface area contributed by atoms with Crippen LogP contribution >= 0.6 is 0 Å². The van der Waals surface area contributed by atoms with Crippen molar-refractivity contribution in [2.45, 2.75) is 26.3 Å². The zero-order chi connectivity index (χ0) is 24.4. The number of hydrogen-bond acceptors (Lipinski definition) is 4. The highest BCUT2D eigenvalue weighted by atomic mass is 16.3. The van der Waals surface area contributed by atoms with E-state index in [1.165, 1.54) is 0 Å². The SMILES string of the molecule is Cc1c(-c2ccc(O)cc2)n(Cc2ccc(C=CC(=O)NN3CCCC3)cc2)c2ccc(O)cc12. The fourth-order valence-corrected chi connectivity index (χ4v) is 4.78. The van der Waals surface area contributed by atoms with Gasteiger partial charge in [0, 0.05) is 36.6 Å². The van der Waals surface area contributed by atoms with Crippen molar-refractivity contribution >= 4 is 22.9 Å². The van der Waals surface area contributed by atoms with Crippen LogP contribution in [0.4, 0.5) is 0 Å².